The number of aromatic nitrogens is 2. The van der Waals surface area contributed by atoms with Crippen molar-refractivity contribution in [2.45, 2.75) is 51.4 Å². The van der Waals surface area contributed by atoms with Crippen LogP contribution in [0, 0.1) is 11.3 Å². The maximum absolute atomic E-state index is 13.5. The number of hydrogen-bond donors (Lipinski definition) is 1. The monoisotopic (exact) mass is 650 g/mol. The first kappa shape index (κ1) is 34.5. The van der Waals surface area contributed by atoms with Crippen molar-refractivity contribution < 1.29 is 41.7 Å². The number of pyridine rings is 2. The number of ether oxygens (including phenoxy) is 4. The first-order valence-electron chi connectivity index (χ1n) is 14.4. The summed E-state index contributed by atoms with van der Waals surface area (Å²) >= 11 is 0. The van der Waals surface area contributed by atoms with Crippen molar-refractivity contribution in [1.82, 2.24) is 15.3 Å². The number of nitriles is 1. The zero-order valence-corrected chi connectivity index (χ0v) is 26.4. The number of nitrogens with zero attached hydrogens (tertiary/aromatic N) is 3. The van der Waals surface area contributed by atoms with Crippen molar-refractivity contribution in [3.05, 3.63) is 88.9 Å². The highest BCUT2D eigenvalue weighted by Gasteiger charge is 2.31. The molecule has 1 atom stereocenters. The van der Waals surface area contributed by atoms with Crippen LogP contribution in [0.1, 0.15) is 53.4 Å². The Morgan fingerprint density at radius 2 is 1.72 bits per heavy atom. The normalized spacial score (nSPS) is 12.1. The van der Waals surface area contributed by atoms with Crippen LogP contribution in [0.25, 0.3) is 10.9 Å². The Kier molecular flexibility index (Phi) is 10.5. The van der Waals surface area contributed by atoms with Gasteiger partial charge in [0.2, 0.25) is 0 Å². The third-order valence-corrected chi connectivity index (χ3v) is 6.89. The molecule has 4 rings (SSSR count). The maximum atomic E-state index is 13.5. The molecule has 0 radical (unpaired) electrons. The second-order valence-electron chi connectivity index (χ2n) is 11.6. The fraction of sp³-hybridized carbons (Fsp3) is 0.324. The molecule has 0 spiro atoms. The van der Waals surface area contributed by atoms with Gasteiger partial charge in [0.15, 0.2) is 17.3 Å². The van der Waals surface area contributed by atoms with Crippen LogP contribution in [0.3, 0.4) is 0 Å². The molecule has 0 aliphatic heterocycles. The molecule has 0 aliphatic carbocycles. The number of ketones is 1. The van der Waals surface area contributed by atoms with E-state index >= 15 is 0 Å². The van der Waals surface area contributed by atoms with E-state index in [1.54, 1.807) is 32.9 Å². The number of carbonyl (C=O) groups is 2. The molecule has 0 aliphatic rings. The summed E-state index contributed by atoms with van der Waals surface area (Å²) in [5.41, 5.74) is 0.0320. The van der Waals surface area contributed by atoms with E-state index in [4.69, 9.17) is 18.9 Å². The second kappa shape index (κ2) is 14.4. The van der Waals surface area contributed by atoms with E-state index < -0.39 is 29.5 Å². The summed E-state index contributed by atoms with van der Waals surface area (Å²) in [6.07, 6.45) is -1.37. The van der Waals surface area contributed by atoms with Gasteiger partial charge >= 0.3 is 12.3 Å². The highest BCUT2D eigenvalue weighted by Crippen LogP contribution is 2.34. The summed E-state index contributed by atoms with van der Waals surface area (Å²) in [6.45, 7) is 4.87. The fourth-order valence-corrected chi connectivity index (χ4v) is 4.76. The molecule has 10 nitrogen and oxygen atoms in total. The molecule has 2 heterocycles. The molecule has 246 valence electrons. The molecule has 2 aromatic carbocycles. The van der Waals surface area contributed by atoms with Gasteiger partial charge in [0.25, 0.3) is 0 Å². The van der Waals surface area contributed by atoms with Crippen molar-refractivity contribution >= 4 is 22.8 Å². The van der Waals surface area contributed by atoms with Gasteiger partial charge in [-0.1, -0.05) is 18.2 Å². The molecule has 0 saturated carbocycles. The largest absolute Gasteiger partial charge is 0.493 e. The summed E-state index contributed by atoms with van der Waals surface area (Å²) in [6, 6.07) is 10.8. The molecule has 47 heavy (non-hydrogen) atoms. The Morgan fingerprint density at radius 3 is 2.38 bits per heavy atom. The van der Waals surface area contributed by atoms with E-state index in [0.717, 1.165) is 12.1 Å². The predicted molar refractivity (Wildman–Crippen MR) is 166 cm³/mol. The van der Waals surface area contributed by atoms with Crippen molar-refractivity contribution in [2.75, 3.05) is 20.8 Å². The molecule has 2 aromatic heterocycles. The minimum Gasteiger partial charge on any atom is -0.493 e. The first-order valence-corrected chi connectivity index (χ1v) is 14.4. The zero-order chi connectivity index (χ0) is 34.4. The highest BCUT2D eigenvalue weighted by molar-refractivity contribution is 6.00. The molecule has 1 amide bonds. The fourth-order valence-electron chi connectivity index (χ4n) is 4.76. The van der Waals surface area contributed by atoms with E-state index in [-0.39, 0.29) is 42.1 Å². The average Bonchev–Trinajstić information content (AvgIpc) is 3.02. The standard InChI is InChI=1S/C34H33F3N4O6/c1-33(2,3)47-32(43)41-24(10-20-7-6-8-23(9-20)34(35,36)37)19-46-25-11-21(16-39-18-25)29(42)12-26-22(15-38)17-40-28-14-31(45-5)30(44-4)13-27(26)28/h6-9,11,13-14,16-18,24H,10,12,19H2,1-5H3,(H,41,43)/t24-/m1/s1. The van der Waals surface area contributed by atoms with Gasteiger partial charge < -0.3 is 24.3 Å². The van der Waals surface area contributed by atoms with Gasteiger partial charge in [-0.15, -0.1) is 0 Å². The number of alkyl halides is 3. The molecular weight excluding hydrogens is 617 g/mol. The van der Waals surface area contributed by atoms with Crippen LogP contribution in [-0.4, -0.2) is 54.3 Å². The summed E-state index contributed by atoms with van der Waals surface area (Å²) < 4.78 is 61.9. The lowest BCUT2D eigenvalue weighted by Gasteiger charge is -2.24. The van der Waals surface area contributed by atoms with Gasteiger partial charge in [-0.2, -0.15) is 18.4 Å². The van der Waals surface area contributed by atoms with Gasteiger partial charge in [-0.3, -0.25) is 14.8 Å². The zero-order valence-electron chi connectivity index (χ0n) is 26.4. The maximum Gasteiger partial charge on any atom is 0.416 e. The summed E-state index contributed by atoms with van der Waals surface area (Å²) in [7, 11) is 2.96. The lowest BCUT2D eigenvalue weighted by atomic mass is 9.96. The third-order valence-electron chi connectivity index (χ3n) is 6.89. The Bertz CT molecular complexity index is 1810. The summed E-state index contributed by atoms with van der Waals surface area (Å²) in [5, 5.41) is 13.0. The van der Waals surface area contributed by atoms with E-state index in [1.807, 2.05) is 0 Å². The minimum atomic E-state index is -4.53. The smallest absolute Gasteiger partial charge is 0.416 e. The topological polar surface area (TPSA) is 133 Å². The Hall–Kier alpha value is -5.38. The van der Waals surface area contributed by atoms with Crippen molar-refractivity contribution in [1.29, 1.82) is 5.26 Å². The van der Waals surface area contributed by atoms with Crippen molar-refractivity contribution in [2.24, 2.45) is 0 Å². The van der Waals surface area contributed by atoms with E-state index in [2.05, 4.69) is 21.4 Å². The van der Waals surface area contributed by atoms with Crippen LogP contribution in [0.2, 0.25) is 0 Å². The quantitative estimate of drug-likeness (QED) is 0.181. The molecule has 4 aromatic rings. The van der Waals surface area contributed by atoms with Gasteiger partial charge in [-0.25, -0.2) is 4.79 Å². The number of alkyl carbamates (subject to hydrolysis) is 1. The number of Topliss-reactive ketones (excluding diaryl/α,β-unsaturated/α-hetero) is 1. The Morgan fingerprint density at radius 1 is 1.00 bits per heavy atom. The molecule has 0 saturated heterocycles. The van der Waals surface area contributed by atoms with Gasteiger partial charge in [0.05, 0.1) is 43.1 Å². The Balaban J connectivity index is 1.55. The number of nitrogens with one attached hydrogen (secondary N) is 1. The van der Waals surface area contributed by atoms with E-state index in [0.29, 0.717) is 33.5 Å². The number of methoxy groups -OCH3 is 2. The third kappa shape index (κ3) is 9.09. The first-order chi connectivity index (χ1) is 22.2. The van der Waals surface area contributed by atoms with Gasteiger partial charge in [-0.05, 0) is 56.5 Å². The number of carbonyl (C=O) groups excluding carboxylic acids is 2. The SMILES string of the molecule is COc1cc2ncc(C#N)c(CC(=O)c3cncc(OC[C@@H](Cc4cccc(C(F)(F)F)c4)NC(=O)OC(C)(C)C)c3)c2cc1OC. The summed E-state index contributed by atoms with van der Waals surface area (Å²) in [4.78, 5) is 34.5. The molecule has 0 bridgehead atoms. The number of halogens is 3. The molecule has 0 fully saturated rings. The van der Waals surface area contributed by atoms with Crippen LogP contribution in [0.5, 0.6) is 17.2 Å². The highest BCUT2D eigenvalue weighted by atomic mass is 19.4. The number of amides is 1. The van der Waals surface area contributed by atoms with E-state index in [9.17, 15) is 28.0 Å². The van der Waals surface area contributed by atoms with Crippen LogP contribution in [0.15, 0.2) is 61.1 Å². The van der Waals surface area contributed by atoms with Gasteiger partial charge in [0.1, 0.15) is 24.0 Å². The number of fused-ring (bicyclic) bond motifs is 1. The van der Waals surface area contributed by atoms with Gasteiger partial charge in [0, 0.05) is 35.8 Å². The average molecular weight is 651 g/mol. The lowest BCUT2D eigenvalue weighted by Crippen LogP contribution is -2.43. The Labute approximate surface area is 269 Å². The molecule has 1 N–H and O–H groups in total. The molecule has 0 unspecified atom stereocenters. The molecular formula is C34H33F3N4O6. The van der Waals surface area contributed by atoms with Crippen molar-refractivity contribution in [3.8, 4) is 23.3 Å². The molecule has 13 heteroatoms. The van der Waals surface area contributed by atoms with Crippen LogP contribution >= 0.6 is 0 Å². The van der Waals surface area contributed by atoms with Crippen LogP contribution in [0.4, 0.5) is 18.0 Å². The lowest BCUT2D eigenvalue weighted by molar-refractivity contribution is -0.137. The van der Waals surface area contributed by atoms with E-state index in [1.165, 1.54) is 51.0 Å². The van der Waals surface area contributed by atoms with Crippen molar-refractivity contribution in [3.63, 3.8) is 0 Å². The minimum absolute atomic E-state index is 0.00445. The predicted octanol–water partition coefficient (Wildman–Crippen LogP) is 6.48. The van der Waals surface area contributed by atoms with Crippen LogP contribution < -0.4 is 19.5 Å². The summed E-state index contributed by atoms with van der Waals surface area (Å²) in [5.74, 6) is 0.662. The number of rotatable bonds is 11. The number of hydrogen-bond acceptors (Lipinski definition) is 9. The van der Waals surface area contributed by atoms with Crippen LogP contribution in [-0.2, 0) is 23.8 Å². The number of benzene rings is 2. The second-order valence-corrected chi connectivity index (χ2v) is 11.6.